The summed E-state index contributed by atoms with van der Waals surface area (Å²) in [6, 6.07) is 5.66. The van der Waals surface area contributed by atoms with E-state index < -0.39 is 25.8 Å². The predicted molar refractivity (Wildman–Crippen MR) is 87.0 cm³/mol. The van der Waals surface area contributed by atoms with Gasteiger partial charge in [0.05, 0.1) is 0 Å². The van der Waals surface area contributed by atoms with E-state index in [0.29, 0.717) is 12.0 Å². The van der Waals surface area contributed by atoms with Gasteiger partial charge in [0.2, 0.25) is 0 Å². The molecule has 0 amide bonds. The van der Waals surface area contributed by atoms with Crippen molar-refractivity contribution in [3.05, 3.63) is 35.1 Å². The van der Waals surface area contributed by atoms with Crippen LogP contribution in [0.15, 0.2) is 12.1 Å². The van der Waals surface area contributed by atoms with Gasteiger partial charge in [-0.05, 0) is 48.7 Å². The summed E-state index contributed by atoms with van der Waals surface area (Å²) in [5, 5.41) is 0. The van der Waals surface area contributed by atoms with Gasteiger partial charge in [-0.1, -0.05) is 33.1 Å². The minimum atomic E-state index is -1.50. The third kappa shape index (κ3) is 5.43. The first kappa shape index (κ1) is 19.2. The summed E-state index contributed by atoms with van der Waals surface area (Å²) >= 11 is 0. The molecule has 126 valence electrons. The maximum Gasteiger partial charge on any atom is 0.194 e. The lowest BCUT2D eigenvalue weighted by molar-refractivity contribution is 0.389. The Balaban J connectivity index is 2.29. The van der Waals surface area contributed by atoms with Crippen LogP contribution in [0.1, 0.15) is 45.1 Å². The third-order valence-corrected chi connectivity index (χ3v) is 9.32. The highest BCUT2D eigenvalue weighted by molar-refractivity contribution is 6.73. The van der Waals surface area contributed by atoms with E-state index in [0.717, 1.165) is 49.9 Å². The summed E-state index contributed by atoms with van der Waals surface area (Å²) in [5.41, 5.74) is 0.527. The summed E-state index contributed by atoms with van der Waals surface area (Å²) in [6.45, 7) is 4.41. The fourth-order valence-corrected chi connectivity index (χ4v) is 5.76. The number of aryl methyl sites for hydroxylation is 1. The largest absolute Gasteiger partial charge is 0.420 e. The van der Waals surface area contributed by atoms with Crippen LogP contribution in [0.5, 0.6) is 0 Å². The van der Waals surface area contributed by atoms with E-state index in [2.05, 4.69) is 13.8 Å². The molecule has 0 aliphatic rings. The second-order valence-electron chi connectivity index (χ2n) is 5.88. The highest BCUT2D eigenvalue weighted by Crippen LogP contribution is 2.24. The second-order valence-corrected chi connectivity index (χ2v) is 10.6. The van der Waals surface area contributed by atoms with Gasteiger partial charge in [-0.15, -0.1) is 0 Å². The van der Waals surface area contributed by atoms with Crippen LogP contribution in [0.3, 0.4) is 0 Å². The molecule has 0 saturated heterocycles. The van der Waals surface area contributed by atoms with Gasteiger partial charge in [0.1, 0.15) is 0 Å². The minimum Gasteiger partial charge on any atom is -0.420 e. The normalized spacial score (nSPS) is 11.9. The van der Waals surface area contributed by atoms with Crippen LogP contribution in [-0.4, -0.2) is 15.4 Å². The summed E-state index contributed by atoms with van der Waals surface area (Å²) in [6.07, 6.45) is 4.72. The Morgan fingerprint density at radius 1 is 0.909 bits per heavy atom. The van der Waals surface area contributed by atoms with Crippen LogP contribution in [0.4, 0.5) is 13.2 Å². The molecule has 1 aromatic carbocycles. The molecule has 0 radical (unpaired) electrons. The lowest BCUT2D eigenvalue weighted by atomic mass is 10.1. The number of benzene rings is 1. The van der Waals surface area contributed by atoms with Crippen molar-refractivity contribution >= 4 is 8.32 Å². The van der Waals surface area contributed by atoms with Gasteiger partial charge in [0.15, 0.2) is 25.8 Å². The van der Waals surface area contributed by atoms with Crippen molar-refractivity contribution in [1.82, 2.24) is 0 Å². The quantitative estimate of drug-likeness (QED) is 0.297. The van der Waals surface area contributed by atoms with Crippen LogP contribution in [-0.2, 0) is 10.8 Å². The minimum absolute atomic E-state index is 0.527. The van der Waals surface area contributed by atoms with Crippen LogP contribution >= 0.6 is 0 Å². The Morgan fingerprint density at radius 2 is 1.45 bits per heavy atom. The molecule has 5 heteroatoms. The van der Waals surface area contributed by atoms with Gasteiger partial charge < -0.3 is 4.43 Å². The van der Waals surface area contributed by atoms with Crippen molar-refractivity contribution in [3.8, 4) is 0 Å². The maximum atomic E-state index is 13.1. The van der Waals surface area contributed by atoms with Crippen molar-refractivity contribution < 1.29 is 17.6 Å². The molecular weight excluding hydrogens is 305 g/mol. The predicted octanol–water partition coefficient (Wildman–Crippen LogP) is 5.84. The topological polar surface area (TPSA) is 9.23 Å². The summed E-state index contributed by atoms with van der Waals surface area (Å²) < 4.78 is 44.8. The number of unbranched alkanes of at least 4 members (excludes halogenated alkanes) is 3. The number of hydrogen-bond donors (Lipinski definition) is 0. The van der Waals surface area contributed by atoms with Gasteiger partial charge in [-0.25, -0.2) is 13.2 Å². The van der Waals surface area contributed by atoms with Crippen molar-refractivity contribution in [2.45, 2.75) is 64.1 Å². The zero-order chi connectivity index (χ0) is 16.6. The first-order valence-corrected chi connectivity index (χ1v) is 10.7. The number of hydrogen-bond acceptors (Lipinski definition) is 1. The first-order valence-electron chi connectivity index (χ1n) is 8.16. The van der Waals surface area contributed by atoms with Crippen LogP contribution in [0.25, 0.3) is 0 Å². The van der Waals surface area contributed by atoms with Crippen LogP contribution in [0.2, 0.25) is 18.1 Å². The Morgan fingerprint density at radius 3 is 1.95 bits per heavy atom. The number of halogens is 3. The Kier molecular flexibility index (Phi) is 8.18. The average molecular weight is 332 g/mol. The van der Waals surface area contributed by atoms with Gasteiger partial charge in [0, 0.05) is 7.11 Å². The zero-order valence-corrected chi connectivity index (χ0v) is 14.9. The zero-order valence-electron chi connectivity index (χ0n) is 13.9. The molecule has 0 heterocycles. The molecule has 0 aliphatic heterocycles. The number of rotatable bonds is 10. The van der Waals surface area contributed by atoms with Gasteiger partial charge in [-0.2, -0.15) is 0 Å². The molecule has 0 atom stereocenters. The summed E-state index contributed by atoms with van der Waals surface area (Å²) in [7, 11) is 0.327. The smallest absolute Gasteiger partial charge is 0.194 e. The summed E-state index contributed by atoms with van der Waals surface area (Å²) in [4.78, 5) is 0. The molecule has 1 nitrogen and oxygen atoms in total. The van der Waals surface area contributed by atoms with Crippen molar-refractivity contribution in [3.63, 3.8) is 0 Å². The molecule has 0 bridgehead atoms. The molecular formula is C17H27F3OSi. The van der Waals surface area contributed by atoms with Crippen molar-refractivity contribution in [1.29, 1.82) is 0 Å². The second kappa shape index (κ2) is 9.35. The standard InChI is InChI=1S/C17H27F3OSi/c1-4-22(5-2,21-3)11-9-7-6-8-10-14-12-15(18)17(20)16(19)13-14/h12-13H,4-11H2,1-3H3. The van der Waals surface area contributed by atoms with E-state index in [1.807, 2.05) is 7.11 Å². The highest BCUT2D eigenvalue weighted by atomic mass is 28.4. The molecule has 0 unspecified atom stereocenters. The van der Waals surface area contributed by atoms with E-state index in [1.165, 1.54) is 6.04 Å². The Hall–Kier alpha value is -0.813. The van der Waals surface area contributed by atoms with Crippen molar-refractivity contribution in [2.24, 2.45) is 0 Å². The fourth-order valence-electron chi connectivity index (χ4n) is 2.88. The molecule has 1 aromatic rings. The molecule has 0 N–H and O–H groups in total. The fraction of sp³-hybridized carbons (Fsp3) is 0.647. The molecule has 0 aromatic heterocycles. The molecule has 0 fully saturated rings. The average Bonchev–Trinajstić information content (AvgIpc) is 2.52. The van der Waals surface area contributed by atoms with Crippen LogP contribution in [0, 0.1) is 17.5 Å². The monoisotopic (exact) mass is 332 g/mol. The molecule has 1 rings (SSSR count). The van der Waals surface area contributed by atoms with Crippen molar-refractivity contribution in [2.75, 3.05) is 7.11 Å². The third-order valence-electron chi connectivity index (χ3n) is 4.61. The van der Waals surface area contributed by atoms with E-state index in [9.17, 15) is 13.2 Å². The van der Waals surface area contributed by atoms with Gasteiger partial charge in [0.25, 0.3) is 0 Å². The van der Waals surface area contributed by atoms with E-state index in [-0.39, 0.29) is 0 Å². The van der Waals surface area contributed by atoms with Gasteiger partial charge >= 0.3 is 0 Å². The van der Waals surface area contributed by atoms with Gasteiger partial charge in [-0.3, -0.25) is 0 Å². The summed E-state index contributed by atoms with van der Waals surface area (Å²) in [5.74, 6) is -3.59. The Bertz CT molecular complexity index is 430. The maximum absolute atomic E-state index is 13.1. The Labute approximate surface area is 133 Å². The van der Waals surface area contributed by atoms with Crippen LogP contribution < -0.4 is 0 Å². The molecule has 22 heavy (non-hydrogen) atoms. The lowest BCUT2D eigenvalue weighted by Gasteiger charge is -2.27. The first-order chi connectivity index (χ1) is 10.5. The lowest BCUT2D eigenvalue weighted by Crippen LogP contribution is -2.34. The SMILES string of the molecule is CC[Si](CC)(CCCCCCc1cc(F)c(F)c(F)c1)OC. The highest BCUT2D eigenvalue weighted by Gasteiger charge is 2.28. The van der Waals surface area contributed by atoms with E-state index >= 15 is 0 Å². The molecule has 0 aliphatic carbocycles. The molecule has 0 saturated carbocycles. The van der Waals surface area contributed by atoms with E-state index in [1.54, 1.807) is 0 Å². The molecule has 0 spiro atoms. The van der Waals surface area contributed by atoms with E-state index in [4.69, 9.17) is 4.43 Å².